The maximum absolute atomic E-state index is 12.5. The van der Waals surface area contributed by atoms with E-state index in [4.69, 9.17) is 4.74 Å². The van der Waals surface area contributed by atoms with Crippen molar-refractivity contribution in [3.05, 3.63) is 33.9 Å². The van der Waals surface area contributed by atoms with Gasteiger partial charge in [0, 0.05) is 19.2 Å². The zero-order valence-corrected chi connectivity index (χ0v) is 11.5. The summed E-state index contributed by atoms with van der Waals surface area (Å²) >= 11 is 0. The SMILES string of the molecule is CCOc1c(C(=O)N2CCCCC2)cccc1[N+](=O)[O-]. The average molecular weight is 278 g/mol. The molecule has 108 valence electrons. The lowest BCUT2D eigenvalue weighted by Gasteiger charge is -2.27. The predicted octanol–water partition coefficient (Wildman–Crippen LogP) is 2.62. The molecule has 0 bridgehead atoms. The number of hydrogen-bond donors (Lipinski definition) is 0. The number of nitro groups is 1. The Balaban J connectivity index is 2.36. The molecule has 1 fully saturated rings. The second-order valence-electron chi connectivity index (χ2n) is 4.70. The summed E-state index contributed by atoms with van der Waals surface area (Å²) in [5.41, 5.74) is 0.123. The van der Waals surface area contributed by atoms with Crippen LogP contribution in [0.4, 0.5) is 5.69 Å². The van der Waals surface area contributed by atoms with Crippen molar-refractivity contribution in [2.75, 3.05) is 19.7 Å². The maximum Gasteiger partial charge on any atom is 0.311 e. The number of piperidine rings is 1. The van der Waals surface area contributed by atoms with Crippen molar-refractivity contribution < 1.29 is 14.5 Å². The third kappa shape index (κ3) is 2.89. The molecule has 6 heteroatoms. The molecule has 1 aliphatic rings. The van der Waals surface area contributed by atoms with Crippen molar-refractivity contribution in [3.63, 3.8) is 0 Å². The van der Waals surface area contributed by atoms with E-state index in [0.29, 0.717) is 13.1 Å². The molecule has 1 aromatic rings. The molecule has 1 heterocycles. The first-order chi connectivity index (χ1) is 9.65. The van der Waals surface area contributed by atoms with Gasteiger partial charge in [0.1, 0.15) is 0 Å². The van der Waals surface area contributed by atoms with Crippen LogP contribution >= 0.6 is 0 Å². The van der Waals surface area contributed by atoms with E-state index in [-0.39, 0.29) is 29.5 Å². The first kappa shape index (κ1) is 14.3. The van der Waals surface area contributed by atoms with E-state index in [1.165, 1.54) is 12.1 Å². The zero-order chi connectivity index (χ0) is 14.5. The Labute approximate surface area is 117 Å². The molecule has 0 radical (unpaired) electrons. The summed E-state index contributed by atoms with van der Waals surface area (Å²) in [4.78, 5) is 24.8. The Bertz CT molecular complexity index is 510. The number of ether oxygens (including phenoxy) is 1. The second kappa shape index (κ2) is 6.36. The Hall–Kier alpha value is -2.11. The van der Waals surface area contributed by atoms with Gasteiger partial charge in [-0.1, -0.05) is 6.07 Å². The largest absolute Gasteiger partial charge is 0.487 e. The third-order valence-electron chi connectivity index (χ3n) is 3.35. The number of rotatable bonds is 4. The fourth-order valence-corrected chi connectivity index (χ4v) is 2.40. The van der Waals surface area contributed by atoms with Gasteiger partial charge in [0.25, 0.3) is 5.91 Å². The lowest BCUT2D eigenvalue weighted by atomic mass is 10.1. The van der Waals surface area contributed by atoms with Crippen molar-refractivity contribution in [2.24, 2.45) is 0 Å². The summed E-state index contributed by atoms with van der Waals surface area (Å²) in [6, 6.07) is 4.48. The van der Waals surface area contributed by atoms with Crippen molar-refractivity contribution in [1.82, 2.24) is 4.90 Å². The van der Waals surface area contributed by atoms with Crippen LogP contribution in [0.5, 0.6) is 5.75 Å². The van der Waals surface area contributed by atoms with Gasteiger partial charge in [-0.05, 0) is 32.3 Å². The van der Waals surface area contributed by atoms with Gasteiger partial charge in [-0.15, -0.1) is 0 Å². The van der Waals surface area contributed by atoms with Crippen LogP contribution in [0, 0.1) is 10.1 Å². The normalized spacial score (nSPS) is 14.9. The van der Waals surface area contributed by atoms with E-state index in [0.717, 1.165) is 19.3 Å². The molecule has 0 N–H and O–H groups in total. The summed E-state index contributed by atoms with van der Waals surface area (Å²) in [7, 11) is 0. The van der Waals surface area contributed by atoms with Gasteiger partial charge in [-0.25, -0.2) is 0 Å². The molecule has 1 amide bonds. The number of para-hydroxylation sites is 1. The Morgan fingerprint density at radius 1 is 1.35 bits per heavy atom. The zero-order valence-electron chi connectivity index (χ0n) is 11.5. The molecule has 0 atom stereocenters. The molecule has 0 aliphatic carbocycles. The fraction of sp³-hybridized carbons (Fsp3) is 0.500. The van der Waals surface area contributed by atoms with Crippen LogP contribution in [0.1, 0.15) is 36.5 Å². The third-order valence-corrected chi connectivity index (χ3v) is 3.35. The molecule has 1 saturated heterocycles. The molecule has 6 nitrogen and oxygen atoms in total. The van der Waals surface area contributed by atoms with Gasteiger partial charge in [0.2, 0.25) is 5.75 Å². The van der Waals surface area contributed by atoms with Crippen LogP contribution in [0.25, 0.3) is 0 Å². The standard InChI is InChI=1S/C14H18N2O4/c1-2-20-13-11(7-6-8-12(13)16(18)19)14(17)15-9-4-3-5-10-15/h6-8H,2-5,9-10H2,1H3. The highest BCUT2D eigenvalue weighted by Gasteiger charge is 2.26. The summed E-state index contributed by atoms with van der Waals surface area (Å²) < 4.78 is 5.35. The second-order valence-corrected chi connectivity index (χ2v) is 4.70. The van der Waals surface area contributed by atoms with Crippen molar-refractivity contribution in [1.29, 1.82) is 0 Å². The quantitative estimate of drug-likeness (QED) is 0.627. The maximum atomic E-state index is 12.5. The molecule has 0 aromatic heterocycles. The Kier molecular flexibility index (Phi) is 4.55. The van der Waals surface area contributed by atoms with E-state index in [1.807, 2.05) is 0 Å². The molecular formula is C14H18N2O4. The number of nitrogens with zero attached hydrogens (tertiary/aromatic N) is 2. The van der Waals surface area contributed by atoms with E-state index in [2.05, 4.69) is 0 Å². The van der Waals surface area contributed by atoms with E-state index >= 15 is 0 Å². The Morgan fingerprint density at radius 3 is 2.65 bits per heavy atom. The topological polar surface area (TPSA) is 72.7 Å². The number of benzene rings is 1. The summed E-state index contributed by atoms with van der Waals surface area (Å²) in [5.74, 6) is -0.104. The minimum atomic E-state index is -0.516. The molecule has 1 aromatic carbocycles. The van der Waals surface area contributed by atoms with Gasteiger partial charge in [0.05, 0.1) is 17.1 Å². The highest BCUT2D eigenvalue weighted by Crippen LogP contribution is 2.32. The van der Waals surface area contributed by atoms with E-state index < -0.39 is 4.92 Å². The Morgan fingerprint density at radius 2 is 2.05 bits per heavy atom. The van der Waals surface area contributed by atoms with Gasteiger partial charge < -0.3 is 9.64 Å². The number of hydrogen-bond acceptors (Lipinski definition) is 4. The number of carbonyl (C=O) groups is 1. The first-order valence-electron chi connectivity index (χ1n) is 6.84. The minimum absolute atomic E-state index is 0.0792. The summed E-state index contributed by atoms with van der Waals surface area (Å²) in [6.45, 7) is 3.43. The lowest BCUT2D eigenvalue weighted by molar-refractivity contribution is -0.385. The van der Waals surface area contributed by atoms with E-state index in [9.17, 15) is 14.9 Å². The smallest absolute Gasteiger partial charge is 0.311 e. The molecule has 0 unspecified atom stereocenters. The predicted molar refractivity (Wildman–Crippen MR) is 74.0 cm³/mol. The minimum Gasteiger partial charge on any atom is -0.487 e. The van der Waals surface area contributed by atoms with Crippen molar-refractivity contribution in [3.8, 4) is 5.75 Å². The van der Waals surface area contributed by atoms with Crippen molar-refractivity contribution >= 4 is 11.6 Å². The molecular weight excluding hydrogens is 260 g/mol. The van der Waals surface area contributed by atoms with Crippen LogP contribution in [0.2, 0.25) is 0 Å². The fourth-order valence-electron chi connectivity index (χ4n) is 2.40. The van der Waals surface area contributed by atoms with Crippen LogP contribution in [0.3, 0.4) is 0 Å². The van der Waals surface area contributed by atoms with Crippen LogP contribution in [-0.4, -0.2) is 35.4 Å². The monoisotopic (exact) mass is 278 g/mol. The summed E-state index contributed by atoms with van der Waals surface area (Å²) in [6.07, 6.45) is 3.08. The van der Waals surface area contributed by atoms with E-state index in [1.54, 1.807) is 17.9 Å². The van der Waals surface area contributed by atoms with Crippen LogP contribution < -0.4 is 4.74 Å². The van der Waals surface area contributed by atoms with Crippen molar-refractivity contribution in [2.45, 2.75) is 26.2 Å². The highest BCUT2D eigenvalue weighted by molar-refractivity contribution is 5.98. The van der Waals surface area contributed by atoms with Crippen LogP contribution in [0.15, 0.2) is 18.2 Å². The number of carbonyl (C=O) groups excluding carboxylic acids is 1. The molecule has 20 heavy (non-hydrogen) atoms. The lowest BCUT2D eigenvalue weighted by Crippen LogP contribution is -2.35. The van der Waals surface area contributed by atoms with Gasteiger partial charge in [-0.2, -0.15) is 0 Å². The summed E-state index contributed by atoms with van der Waals surface area (Å²) in [5, 5.41) is 11.0. The number of amides is 1. The average Bonchev–Trinajstić information content (AvgIpc) is 2.47. The van der Waals surface area contributed by atoms with Gasteiger partial charge in [0.15, 0.2) is 0 Å². The first-order valence-corrected chi connectivity index (χ1v) is 6.84. The highest BCUT2D eigenvalue weighted by atomic mass is 16.6. The van der Waals surface area contributed by atoms with Gasteiger partial charge >= 0.3 is 5.69 Å². The number of nitro benzene ring substituents is 1. The van der Waals surface area contributed by atoms with Crippen LogP contribution in [-0.2, 0) is 0 Å². The molecule has 1 aliphatic heterocycles. The molecule has 0 spiro atoms. The van der Waals surface area contributed by atoms with Gasteiger partial charge in [-0.3, -0.25) is 14.9 Å². The molecule has 2 rings (SSSR count). The number of likely N-dealkylation sites (tertiary alicyclic amines) is 1. The molecule has 0 saturated carbocycles.